The first-order valence-corrected chi connectivity index (χ1v) is 7.62. The minimum atomic E-state index is -3.41. The molecule has 19 heavy (non-hydrogen) atoms. The fourth-order valence-electron chi connectivity index (χ4n) is 1.85. The van der Waals surface area contributed by atoms with Crippen molar-refractivity contribution >= 4 is 9.84 Å². The number of nitriles is 1. The van der Waals surface area contributed by atoms with Crippen LogP contribution in [0.5, 0.6) is 0 Å². The molecular weight excluding hydrogens is 258 g/mol. The van der Waals surface area contributed by atoms with E-state index in [1.165, 1.54) is 0 Å². The van der Waals surface area contributed by atoms with Crippen LogP contribution >= 0.6 is 0 Å². The lowest BCUT2D eigenvalue weighted by atomic mass is 10.0. The van der Waals surface area contributed by atoms with Gasteiger partial charge in [-0.3, -0.25) is 0 Å². The molecule has 0 unspecified atom stereocenters. The highest BCUT2D eigenvalue weighted by Gasteiger charge is 2.14. The third-order valence-corrected chi connectivity index (χ3v) is 4.02. The molecule has 0 aliphatic heterocycles. The van der Waals surface area contributed by atoms with E-state index in [1.807, 2.05) is 37.3 Å². The Bertz CT molecular complexity index is 754. The molecule has 0 aliphatic carbocycles. The minimum Gasteiger partial charge on any atom is -0.224 e. The Morgan fingerprint density at radius 3 is 2.11 bits per heavy atom. The summed E-state index contributed by atoms with van der Waals surface area (Å²) in [5.74, 6) is 0. The summed E-state index contributed by atoms with van der Waals surface area (Å²) in [5.41, 5.74) is 3.04. The Labute approximate surface area is 113 Å². The molecule has 2 rings (SSSR count). The molecule has 0 bridgehead atoms. The van der Waals surface area contributed by atoms with Crippen molar-refractivity contribution in [2.75, 3.05) is 6.26 Å². The number of hydrogen-bond acceptors (Lipinski definition) is 3. The third-order valence-electron chi connectivity index (χ3n) is 2.89. The Balaban J connectivity index is 2.62. The maximum absolute atomic E-state index is 11.7. The molecule has 2 aromatic carbocycles. The molecule has 0 fully saturated rings. The molecule has 0 saturated carbocycles. The molecule has 0 atom stereocenters. The zero-order chi connectivity index (χ0) is 14.0. The smallest absolute Gasteiger partial charge is 0.176 e. The van der Waals surface area contributed by atoms with E-state index in [4.69, 9.17) is 5.26 Å². The molecule has 0 radical (unpaired) electrons. The molecule has 0 saturated heterocycles. The van der Waals surface area contributed by atoms with Crippen LogP contribution < -0.4 is 0 Å². The molecule has 3 nitrogen and oxygen atoms in total. The van der Waals surface area contributed by atoms with E-state index in [1.54, 1.807) is 18.2 Å². The average molecular weight is 271 g/mol. The van der Waals surface area contributed by atoms with E-state index in [-0.39, 0.29) is 10.5 Å². The molecule has 0 heterocycles. The van der Waals surface area contributed by atoms with Crippen molar-refractivity contribution in [3.8, 4) is 17.2 Å². The van der Waals surface area contributed by atoms with Gasteiger partial charge in [0, 0.05) is 6.26 Å². The van der Waals surface area contributed by atoms with Gasteiger partial charge in [0.1, 0.15) is 6.07 Å². The van der Waals surface area contributed by atoms with Crippen LogP contribution in [0.4, 0.5) is 0 Å². The van der Waals surface area contributed by atoms with Crippen molar-refractivity contribution in [1.29, 1.82) is 5.26 Å². The zero-order valence-corrected chi connectivity index (χ0v) is 11.5. The predicted molar refractivity (Wildman–Crippen MR) is 74.4 cm³/mol. The largest absolute Gasteiger partial charge is 0.224 e. The highest BCUT2D eigenvalue weighted by molar-refractivity contribution is 7.90. The summed E-state index contributed by atoms with van der Waals surface area (Å²) in [6, 6.07) is 14.6. The Morgan fingerprint density at radius 1 is 1.00 bits per heavy atom. The van der Waals surface area contributed by atoms with Gasteiger partial charge in [0.2, 0.25) is 0 Å². The topological polar surface area (TPSA) is 57.9 Å². The first-order valence-electron chi connectivity index (χ1n) is 5.73. The second kappa shape index (κ2) is 4.87. The fourth-order valence-corrected chi connectivity index (χ4v) is 2.70. The second-order valence-electron chi connectivity index (χ2n) is 4.46. The van der Waals surface area contributed by atoms with E-state index >= 15 is 0 Å². The Kier molecular flexibility index (Phi) is 3.41. The van der Waals surface area contributed by atoms with E-state index < -0.39 is 9.84 Å². The van der Waals surface area contributed by atoms with Gasteiger partial charge in [-0.05, 0) is 30.2 Å². The number of rotatable bonds is 2. The molecule has 0 amide bonds. The Hall–Kier alpha value is -2.12. The van der Waals surface area contributed by atoms with Gasteiger partial charge in [0.05, 0.1) is 10.5 Å². The predicted octanol–water partition coefficient (Wildman–Crippen LogP) is 2.94. The van der Waals surface area contributed by atoms with Crippen molar-refractivity contribution in [2.45, 2.75) is 11.8 Å². The van der Waals surface area contributed by atoms with Crippen LogP contribution in [0.25, 0.3) is 11.1 Å². The van der Waals surface area contributed by atoms with Crippen molar-refractivity contribution in [2.24, 2.45) is 0 Å². The summed E-state index contributed by atoms with van der Waals surface area (Å²) in [6.45, 7) is 1.99. The molecule has 0 spiro atoms. The molecule has 0 aromatic heterocycles. The Morgan fingerprint density at radius 2 is 1.58 bits per heavy atom. The van der Waals surface area contributed by atoms with Gasteiger partial charge in [0.15, 0.2) is 9.84 Å². The summed E-state index contributed by atoms with van der Waals surface area (Å²) in [4.78, 5) is 0.0769. The van der Waals surface area contributed by atoms with Gasteiger partial charge in [-0.2, -0.15) is 5.26 Å². The van der Waals surface area contributed by atoms with Gasteiger partial charge >= 0.3 is 0 Å². The first kappa shape index (κ1) is 13.3. The van der Waals surface area contributed by atoms with Crippen molar-refractivity contribution in [1.82, 2.24) is 0 Å². The van der Waals surface area contributed by atoms with Crippen LogP contribution in [0.15, 0.2) is 47.4 Å². The molecule has 0 N–H and O–H groups in total. The van der Waals surface area contributed by atoms with E-state index in [9.17, 15) is 8.42 Å². The molecule has 2 aromatic rings. The summed E-state index contributed by atoms with van der Waals surface area (Å²) in [5, 5.41) is 8.97. The monoisotopic (exact) mass is 271 g/mol. The van der Waals surface area contributed by atoms with E-state index in [2.05, 4.69) is 0 Å². The summed E-state index contributed by atoms with van der Waals surface area (Å²) in [6.07, 6.45) is 1.11. The second-order valence-corrected chi connectivity index (χ2v) is 6.45. The number of benzene rings is 2. The zero-order valence-electron chi connectivity index (χ0n) is 10.7. The molecule has 96 valence electrons. The van der Waals surface area contributed by atoms with Crippen molar-refractivity contribution < 1.29 is 8.42 Å². The highest BCUT2D eigenvalue weighted by Crippen LogP contribution is 2.25. The molecule has 4 heteroatoms. The summed E-state index contributed by atoms with van der Waals surface area (Å²) < 4.78 is 23.4. The summed E-state index contributed by atoms with van der Waals surface area (Å²) >= 11 is 0. The van der Waals surface area contributed by atoms with Gasteiger partial charge in [-0.15, -0.1) is 0 Å². The van der Waals surface area contributed by atoms with Crippen LogP contribution in [-0.4, -0.2) is 14.7 Å². The lowest BCUT2D eigenvalue weighted by molar-refractivity contribution is 0.601. The normalized spacial score (nSPS) is 11.0. The van der Waals surface area contributed by atoms with Crippen LogP contribution in [-0.2, 0) is 9.84 Å². The quantitative estimate of drug-likeness (QED) is 0.843. The van der Waals surface area contributed by atoms with Gasteiger partial charge < -0.3 is 0 Å². The summed E-state index contributed by atoms with van der Waals surface area (Å²) in [7, 11) is -3.41. The highest BCUT2D eigenvalue weighted by atomic mass is 32.2. The number of aryl methyl sites for hydroxylation is 1. The maximum Gasteiger partial charge on any atom is 0.176 e. The van der Waals surface area contributed by atoms with Crippen molar-refractivity contribution in [3.63, 3.8) is 0 Å². The van der Waals surface area contributed by atoms with Crippen LogP contribution in [0.3, 0.4) is 0 Å². The average Bonchev–Trinajstić information content (AvgIpc) is 2.38. The lowest BCUT2D eigenvalue weighted by Gasteiger charge is -2.06. The maximum atomic E-state index is 11.7. The lowest BCUT2D eigenvalue weighted by Crippen LogP contribution is -2.00. The van der Waals surface area contributed by atoms with E-state index in [0.717, 1.165) is 22.9 Å². The van der Waals surface area contributed by atoms with Crippen LogP contribution in [0.2, 0.25) is 0 Å². The number of sulfone groups is 1. The first-order chi connectivity index (χ1) is 8.91. The fraction of sp³-hybridized carbons (Fsp3) is 0.133. The van der Waals surface area contributed by atoms with Gasteiger partial charge in [-0.25, -0.2) is 8.42 Å². The van der Waals surface area contributed by atoms with E-state index in [0.29, 0.717) is 0 Å². The molecule has 0 aliphatic rings. The number of nitrogens with zero attached hydrogens (tertiary/aromatic N) is 1. The van der Waals surface area contributed by atoms with Crippen LogP contribution in [0, 0.1) is 18.3 Å². The SMILES string of the molecule is Cc1ccc(-c2ccc(C#N)c(S(C)(=O)=O)c2)cc1. The third kappa shape index (κ3) is 2.83. The van der Waals surface area contributed by atoms with Gasteiger partial charge in [0.25, 0.3) is 0 Å². The van der Waals surface area contributed by atoms with Gasteiger partial charge in [-0.1, -0.05) is 35.9 Å². The standard InChI is InChI=1S/C15H13NO2S/c1-11-3-5-12(6-4-11)13-7-8-14(10-16)15(9-13)19(2,17)18/h3-9H,1-2H3. The van der Waals surface area contributed by atoms with Crippen molar-refractivity contribution in [3.05, 3.63) is 53.6 Å². The van der Waals surface area contributed by atoms with Crippen LogP contribution in [0.1, 0.15) is 11.1 Å². The molecular formula is C15H13NO2S. The number of hydrogen-bond donors (Lipinski definition) is 0. The minimum absolute atomic E-state index is 0.0769.